The third-order valence-electron chi connectivity index (χ3n) is 7.67. The van der Waals surface area contributed by atoms with Gasteiger partial charge in [0.05, 0.1) is 0 Å². The summed E-state index contributed by atoms with van der Waals surface area (Å²) in [7, 11) is 0. The van der Waals surface area contributed by atoms with Crippen molar-refractivity contribution < 1.29 is 28.8 Å². The van der Waals surface area contributed by atoms with Crippen LogP contribution in [0.25, 0.3) is 0 Å². The Morgan fingerprint density at radius 1 is 0.600 bits per heavy atom. The van der Waals surface area contributed by atoms with E-state index in [-0.39, 0.29) is 68.1 Å². The molecule has 3 saturated heterocycles. The summed E-state index contributed by atoms with van der Waals surface area (Å²) in [6.45, 7) is 15.2. The molecule has 0 saturated carbocycles. The van der Waals surface area contributed by atoms with Gasteiger partial charge >= 0.3 is 0 Å². The van der Waals surface area contributed by atoms with Crippen LogP contribution >= 0.6 is 0 Å². The minimum Gasteiger partial charge on any atom is -0.296 e. The molecule has 3 N–H and O–H groups in total. The van der Waals surface area contributed by atoms with E-state index in [1.807, 2.05) is 0 Å². The average Bonchev–Trinajstić information content (AvgIpc) is 2.82. The molecular formula is C36H65N3O6. The molecule has 0 aliphatic carbocycles. The van der Waals surface area contributed by atoms with Crippen molar-refractivity contribution in [3.63, 3.8) is 0 Å². The van der Waals surface area contributed by atoms with Gasteiger partial charge in [0.25, 0.3) is 0 Å². The Morgan fingerprint density at radius 3 is 1.38 bits per heavy atom. The van der Waals surface area contributed by atoms with Crippen LogP contribution in [0.2, 0.25) is 0 Å². The molecule has 3 heterocycles. The van der Waals surface area contributed by atoms with Crippen LogP contribution < -0.4 is 16.0 Å². The zero-order valence-corrected chi connectivity index (χ0v) is 27.6. The monoisotopic (exact) mass is 635 g/mol. The van der Waals surface area contributed by atoms with E-state index in [4.69, 9.17) is 0 Å². The average molecular weight is 636 g/mol. The highest BCUT2D eigenvalue weighted by Crippen LogP contribution is 2.26. The van der Waals surface area contributed by atoms with E-state index in [1.54, 1.807) is 0 Å². The topological polar surface area (TPSA) is 139 Å². The van der Waals surface area contributed by atoms with Gasteiger partial charge in [0, 0.05) is 38.5 Å². The van der Waals surface area contributed by atoms with Gasteiger partial charge in [-0.3, -0.25) is 44.7 Å². The third kappa shape index (κ3) is 22.3. The fraction of sp³-hybridized carbons (Fsp3) is 0.778. The predicted molar refractivity (Wildman–Crippen MR) is 182 cm³/mol. The summed E-state index contributed by atoms with van der Waals surface area (Å²) in [4.78, 5) is 66.5. The fourth-order valence-electron chi connectivity index (χ4n) is 5.93. The lowest BCUT2D eigenvalue weighted by atomic mass is 9.84. The van der Waals surface area contributed by atoms with Crippen molar-refractivity contribution >= 4 is 35.4 Å². The van der Waals surface area contributed by atoms with Crippen molar-refractivity contribution in [2.24, 2.45) is 41.4 Å². The Labute approximate surface area is 273 Å². The summed E-state index contributed by atoms with van der Waals surface area (Å²) in [5, 5.41) is 6.98. The van der Waals surface area contributed by atoms with Crippen molar-refractivity contribution in [2.45, 2.75) is 140 Å². The van der Waals surface area contributed by atoms with Crippen LogP contribution in [0.3, 0.4) is 0 Å². The van der Waals surface area contributed by atoms with Gasteiger partial charge in [-0.15, -0.1) is 0 Å². The van der Waals surface area contributed by atoms with Gasteiger partial charge in [0.2, 0.25) is 35.4 Å². The van der Waals surface area contributed by atoms with Gasteiger partial charge in [0.1, 0.15) is 0 Å². The number of amides is 6. The summed E-state index contributed by atoms with van der Waals surface area (Å²) in [6, 6.07) is 0. The second-order valence-corrected chi connectivity index (χ2v) is 13.9. The van der Waals surface area contributed by atoms with Crippen LogP contribution in [0, 0.1) is 41.4 Å². The molecule has 0 bridgehead atoms. The SMILES string of the molecule is C.C.CC(C)/C=C/CC1CC(=O)NC(=O)C1.CC(C)CCCC1CC(=O)NC(=O)C1.CC(C)C[C@H](C)CC1CC(=O)NC(=O)C1. The lowest BCUT2D eigenvalue weighted by Crippen LogP contribution is -2.38. The first-order valence-corrected chi connectivity index (χ1v) is 16.3. The minimum absolute atomic E-state index is 0. The zero-order valence-electron chi connectivity index (χ0n) is 27.6. The van der Waals surface area contributed by atoms with Gasteiger partial charge in [-0.2, -0.15) is 0 Å². The molecule has 9 nitrogen and oxygen atoms in total. The number of carbonyl (C=O) groups excluding carboxylic acids is 6. The second-order valence-electron chi connectivity index (χ2n) is 13.9. The number of imide groups is 3. The highest BCUT2D eigenvalue weighted by atomic mass is 16.2. The summed E-state index contributed by atoms with van der Waals surface area (Å²) >= 11 is 0. The molecule has 9 heteroatoms. The molecule has 260 valence electrons. The normalized spacial score (nSPS) is 18.7. The van der Waals surface area contributed by atoms with Crippen molar-refractivity contribution in [2.75, 3.05) is 0 Å². The Balaban J connectivity index is 0. The van der Waals surface area contributed by atoms with E-state index in [9.17, 15) is 28.8 Å². The molecule has 0 unspecified atom stereocenters. The summed E-state index contributed by atoms with van der Waals surface area (Å²) in [5.41, 5.74) is 0. The molecule has 0 spiro atoms. The van der Waals surface area contributed by atoms with Crippen LogP contribution in [0.15, 0.2) is 12.2 Å². The number of hydrogen-bond acceptors (Lipinski definition) is 6. The summed E-state index contributed by atoms with van der Waals surface area (Å²) < 4.78 is 0. The molecular weight excluding hydrogens is 570 g/mol. The molecule has 0 aromatic rings. The van der Waals surface area contributed by atoms with E-state index in [2.05, 4.69) is 76.6 Å². The number of carbonyl (C=O) groups is 6. The molecule has 1 atom stereocenters. The van der Waals surface area contributed by atoms with E-state index in [0.717, 1.165) is 25.7 Å². The van der Waals surface area contributed by atoms with Crippen LogP contribution in [0.5, 0.6) is 0 Å². The number of hydrogen-bond donors (Lipinski definition) is 3. The Kier molecular flexibility index (Phi) is 23.1. The standard InChI is InChI=1S/C12H21NO2.C11H19NO2.C11H17NO2.2CH4/c1-8(2)4-9(3)5-10-6-11(14)13-12(15)7-10;2*1-8(2)4-3-5-9-6-10(13)12-11(14)7-9;;/h8-10H,4-7H2,1-3H3,(H,13,14,15);8-9H,3-7H2,1-2H3,(H,12,13,14);3-4,8-9H,5-7H2,1-2H3,(H,12,13,14);2*1H4/b;;4-3+;;/t9-;;;;/m0..../s1. The highest BCUT2D eigenvalue weighted by molar-refractivity contribution is 5.98. The van der Waals surface area contributed by atoms with E-state index < -0.39 is 0 Å². The lowest BCUT2D eigenvalue weighted by molar-refractivity contribution is -0.136. The van der Waals surface area contributed by atoms with Crippen molar-refractivity contribution in [3.8, 4) is 0 Å². The van der Waals surface area contributed by atoms with Gasteiger partial charge in [0.15, 0.2) is 0 Å². The molecule has 3 aliphatic heterocycles. The fourth-order valence-corrected chi connectivity index (χ4v) is 5.93. The third-order valence-corrected chi connectivity index (χ3v) is 7.67. The Morgan fingerprint density at radius 2 is 1.00 bits per heavy atom. The molecule has 3 fully saturated rings. The van der Waals surface area contributed by atoms with Crippen LogP contribution in [0.1, 0.15) is 140 Å². The van der Waals surface area contributed by atoms with E-state index >= 15 is 0 Å². The first kappa shape index (κ1) is 44.3. The summed E-state index contributed by atoms with van der Waals surface area (Å²) in [6.07, 6.45) is 13.6. The molecule has 0 aromatic heterocycles. The molecule has 3 rings (SSSR count). The van der Waals surface area contributed by atoms with E-state index in [1.165, 1.54) is 12.8 Å². The predicted octanol–water partition coefficient (Wildman–Crippen LogP) is 6.89. The molecule has 0 radical (unpaired) electrons. The first-order chi connectivity index (χ1) is 20.1. The van der Waals surface area contributed by atoms with Gasteiger partial charge in [-0.05, 0) is 67.1 Å². The van der Waals surface area contributed by atoms with Crippen LogP contribution in [-0.4, -0.2) is 35.4 Å². The van der Waals surface area contributed by atoms with Crippen molar-refractivity contribution in [1.29, 1.82) is 0 Å². The molecule has 0 aromatic carbocycles. The quantitative estimate of drug-likeness (QED) is 0.167. The smallest absolute Gasteiger partial charge is 0.226 e. The lowest BCUT2D eigenvalue weighted by Gasteiger charge is -2.24. The molecule has 45 heavy (non-hydrogen) atoms. The second kappa shape index (κ2) is 23.5. The summed E-state index contributed by atoms with van der Waals surface area (Å²) in [5.74, 6) is 2.61. The first-order valence-electron chi connectivity index (χ1n) is 16.3. The number of rotatable bonds is 11. The number of allylic oxidation sites excluding steroid dienone is 2. The maximum atomic E-state index is 11.2. The maximum Gasteiger partial charge on any atom is 0.226 e. The van der Waals surface area contributed by atoms with Gasteiger partial charge in [-0.25, -0.2) is 0 Å². The highest BCUT2D eigenvalue weighted by Gasteiger charge is 2.27. The van der Waals surface area contributed by atoms with Crippen molar-refractivity contribution in [3.05, 3.63) is 12.2 Å². The Bertz CT molecular complexity index is 924. The van der Waals surface area contributed by atoms with Crippen molar-refractivity contribution in [1.82, 2.24) is 16.0 Å². The maximum absolute atomic E-state index is 11.2. The van der Waals surface area contributed by atoms with Crippen LogP contribution in [0.4, 0.5) is 0 Å². The van der Waals surface area contributed by atoms with Gasteiger partial charge < -0.3 is 0 Å². The van der Waals surface area contributed by atoms with E-state index in [0.29, 0.717) is 62.2 Å². The largest absolute Gasteiger partial charge is 0.296 e. The molecule has 3 aliphatic rings. The number of nitrogens with one attached hydrogen (secondary N) is 3. The number of piperidine rings is 3. The molecule has 6 amide bonds. The minimum atomic E-state index is -0.135. The zero-order chi connectivity index (χ0) is 32.5. The van der Waals surface area contributed by atoms with Gasteiger partial charge in [-0.1, -0.05) is 88.3 Å². The van der Waals surface area contributed by atoms with Crippen LogP contribution in [-0.2, 0) is 28.8 Å². The Hall–Kier alpha value is -2.84.